The highest BCUT2D eigenvalue weighted by atomic mass is 15.3. The number of likely N-dealkylation sites (tertiary alicyclic amines) is 2. The lowest BCUT2D eigenvalue weighted by Gasteiger charge is -2.51. The van der Waals surface area contributed by atoms with Crippen molar-refractivity contribution >= 4 is 0 Å². The van der Waals surface area contributed by atoms with E-state index < -0.39 is 0 Å². The second kappa shape index (κ2) is 7.21. The van der Waals surface area contributed by atoms with Crippen molar-refractivity contribution in [1.82, 2.24) is 14.7 Å². The van der Waals surface area contributed by atoms with E-state index in [4.69, 9.17) is 5.73 Å². The van der Waals surface area contributed by atoms with E-state index >= 15 is 0 Å². The average Bonchev–Trinajstić information content (AvgIpc) is 2.49. The summed E-state index contributed by atoms with van der Waals surface area (Å²) >= 11 is 0. The number of hydrogen-bond donors (Lipinski definition) is 1. The van der Waals surface area contributed by atoms with Gasteiger partial charge in [0.2, 0.25) is 0 Å². The summed E-state index contributed by atoms with van der Waals surface area (Å²) < 4.78 is 0. The molecule has 20 heavy (non-hydrogen) atoms. The third kappa shape index (κ3) is 3.53. The highest BCUT2D eigenvalue weighted by Gasteiger charge is 2.40. The Morgan fingerprint density at radius 2 is 1.70 bits per heavy atom. The standard InChI is InChI=1S/C16H34N4/c1-4-9-19-12-7-16(14-17,8-13-19)20-10-5-15(6-11-20)18(2)3/h15H,4-14,17H2,1-3H3. The molecule has 0 amide bonds. The number of rotatable bonds is 5. The fourth-order valence-electron chi connectivity index (χ4n) is 4.02. The summed E-state index contributed by atoms with van der Waals surface area (Å²) in [6.07, 6.45) is 6.39. The van der Waals surface area contributed by atoms with Crippen molar-refractivity contribution in [2.24, 2.45) is 5.73 Å². The Balaban J connectivity index is 1.89. The van der Waals surface area contributed by atoms with E-state index in [9.17, 15) is 0 Å². The third-order valence-electron chi connectivity index (χ3n) is 5.57. The van der Waals surface area contributed by atoms with Crippen LogP contribution in [-0.4, -0.2) is 79.6 Å². The number of nitrogens with zero attached hydrogens (tertiary/aromatic N) is 3. The minimum absolute atomic E-state index is 0.293. The van der Waals surface area contributed by atoms with Gasteiger partial charge in [0.15, 0.2) is 0 Å². The van der Waals surface area contributed by atoms with Crippen LogP contribution in [0.5, 0.6) is 0 Å². The lowest BCUT2D eigenvalue weighted by Crippen LogP contribution is -2.62. The molecule has 2 aliphatic heterocycles. The highest BCUT2D eigenvalue weighted by molar-refractivity contribution is 4.98. The lowest BCUT2D eigenvalue weighted by atomic mass is 9.83. The summed E-state index contributed by atoms with van der Waals surface area (Å²) in [5, 5.41) is 0. The van der Waals surface area contributed by atoms with Gasteiger partial charge in [0.25, 0.3) is 0 Å². The molecule has 4 heteroatoms. The van der Waals surface area contributed by atoms with Crippen molar-refractivity contribution in [2.75, 3.05) is 53.4 Å². The first kappa shape index (κ1) is 16.2. The summed E-state index contributed by atoms with van der Waals surface area (Å²) in [5.74, 6) is 0. The molecule has 2 saturated heterocycles. The van der Waals surface area contributed by atoms with Gasteiger partial charge in [-0.3, -0.25) is 4.90 Å². The highest BCUT2D eigenvalue weighted by Crippen LogP contribution is 2.31. The van der Waals surface area contributed by atoms with Crippen molar-refractivity contribution in [3.05, 3.63) is 0 Å². The minimum Gasteiger partial charge on any atom is -0.329 e. The predicted molar refractivity (Wildman–Crippen MR) is 86.0 cm³/mol. The molecule has 2 aliphatic rings. The molecule has 0 saturated carbocycles. The van der Waals surface area contributed by atoms with Crippen molar-refractivity contribution in [3.63, 3.8) is 0 Å². The Kier molecular flexibility index (Phi) is 5.84. The molecule has 2 rings (SSSR count). The molecule has 0 atom stereocenters. The maximum absolute atomic E-state index is 6.21. The van der Waals surface area contributed by atoms with Crippen LogP contribution in [0.1, 0.15) is 39.0 Å². The summed E-state index contributed by atoms with van der Waals surface area (Å²) in [5.41, 5.74) is 6.51. The molecule has 0 spiro atoms. The van der Waals surface area contributed by atoms with Gasteiger partial charge in [0.1, 0.15) is 0 Å². The molecule has 0 aromatic rings. The van der Waals surface area contributed by atoms with E-state index in [2.05, 4.69) is 35.7 Å². The van der Waals surface area contributed by atoms with Crippen LogP contribution in [0.3, 0.4) is 0 Å². The van der Waals surface area contributed by atoms with E-state index in [1.165, 1.54) is 64.8 Å². The predicted octanol–water partition coefficient (Wildman–Crippen LogP) is 1.22. The molecule has 2 heterocycles. The van der Waals surface area contributed by atoms with Gasteiger partial charge in [-0.15, -0.1) is 0 Å². The fourth-order valence-corrected chi connectivity index (χ4v) is 4.02. The molecule has 0 aliphatic carbocycles. The number of piperidine rings is 2. The topological polar surface area (TPSA) is 35.7 Å². The summed E-state index contributed by atoms with van der Waals surface area (Å²) in [6.45, 7) is 9.29. The van der Waals surface area contributed by atoms with Gasteiger partial charge in [0.05, 0.1) is 0 Å². The van der Waals surface area contributed by atoms with Crippen molar-refractivity contribution in [2.45, 2.75) is 50.6 Å². The zero-order valence-corrected chi connectivity index (χ0v) is 13.8. The van der Waals surface area contributed by atoms with Crippen LogP contribution in [0.15, 0.2) is 0 Å². The first-order valence-electron chi connectivity index (χ1n) is 8.45. The molecule has 0 aromatic heterocycles. The molecule has 0 bridgehead atoms. The number of nitrogens with two attached hydrogens (primary N) is 1. The van der Waals surface area contributed by atoms with E-state index in [1.54, 1.807) is 0 Å². The van der Waals surface area contributed by atoms with Crippen LogP contribution < -0.4 is 5.73 Å². The zero-order chi connectivity index (χ0) is 14.6. The molecule has 0 aromatic carbocycles. The van der Waals surface area contributed by atoms with Crippen LogP contribution in [0.25, 0.3) is 0 Å². The Bertz CT molecular complexity index is 276. The Morgan fingerprint density at radius 3 is 2.15 bits per heavy atom. The molecule has 0 unspecified atom stereocenters. The van der Waals surface area contributed by atoms with Crippen LogP contribution in [0, 0.1) is 0 Å². The van der Waals surface area contributed by atoms with E-state index in [1.807, 2.05) is 0 Å². The minimum atomic E-state index is 0.293. The molecular formula is C16H34N4. The average molecular weight is 282 g/mol. The molecule has 2 fully saturated rings. The first-order chi connectivity index (χ1) is 9.61. The second-order valence-corrected chi connectivity index (χ2v) is 6.95. The Morgan fingerprint density at radius 1 is 1.10 bits per heavy atom. The molecule has 2 N–H and O–H groups in total. The van der Waals surface area contributed by atoms with Gasteiger partial charge in [-0.2, -0.15) is 0 Å². The summed E-state index contributed by atoms with van der Waals surface area (Å²) in [7, 11) is 4.42. The van der Waals surface area contributed by atoms with Gasteiger partial charge >= 0.3 is 0 Å². The molecule has 0 radical (unpaired) electrons. The second-order valence-electron chi connectivity index (χ2n) is 6.95. The summed E-state index contributed by atoms with van der Waals surface area (Å²) in [4.78, 5) is 7.72. The quantitative estimate of drug-likeness (QED) is 0.822. The zero-order valence-electron chi connectivity index (χ0n) is 13.8. The molecular weight excluding hydrogens is 248 g/mol. The summed E-state index contributed by atoms with van der Waals surface area (Å²) in [6, 6.07) is 0.765. The van der Waals surface area contributed by atoms with E-state index in [-0.39, 0.29) is 0 Å². The van der Waals surface area contributed by atoms with E-state index in [0.717, 1.165) is 12.6 Å². The SMILES string of the molecule is CCCN1CCC(CN)(N2CCC(N(C)C)CC2)CC1. The van der Waals surface area contributed by atoms with Crippen molar-refractivity contribution in [1.29, 1.82) is 0 Å². The van der Waals surface area contributed by atoms with Crippen LogP contribution in [0.4, 0.5) is 0 Å². The van der Waals surface area contributed by atoms with Crippen molar-refractivity contribution in [3.8, 4) is 0 Å². The smallest absolute Gasteiger partial charge is 0.0356 e. The normalized spacial score (nSPS) is 26.2. The molecule has 4 nitrogen and oxygen atoms in total. The molecule has 118 valence electrons. The Hall–Kier alpha value is -0.160. The van der Waals surface area contributed by atoms with Crippen LogP contribution >= 0.6 is 0 Å². The fraction of sp³-hybridized carbons (Fsp3) is 1.00. The lowest BCUT2D eigenvalue weighted by molar-refractivity contribution is -0.00000527. The van der Waals surface area contributed by atoms with Gasteiger partial charge in [-0.25, -0.2) is 0 Å². The van der Waals surface area contributed by atoms with Gasteiger partial charge in [-0.1, -0.05) is 6.92 Å². The van der Waals surface area contributed by atoms with Crippen LogP contribution in [-0.2, 0) is 0 Å². The van der Waals surface area contributed by atoms with Gasteiger partial charge < -0.3 is 15.5 Å². The number of hydrogen-bond acceptors (Lipinski definition) is 4. The van der Waals surface area contributed by atoms with E-state index in [0.29, 0.717) is 5.54 Å². The third-order valence-corrected chi connectivity index (χ3v) is 5.57. The van der Waals surface area contributed by atoms with Crippen LogP contribution in [0.2, 0.25) is 0 Å². The first-order valence-corrected chi connectivity index (χ1v) is 8.45. The maximum atomic E-state index is 6.21. The maximum Gasteiger partial charge on any atom is 0.0356 e. The van der Waals surface area contributed by atoms with Gasteiger partial charge in [-0.05, 0) is 65.8 Å². The Labute approximate surface area is 125 Å². The van der Waals surface area contributed by atoms with Crippen molar-refractivity contribution < 1.29 is 0 Å². The monoisotopic (exact) mass is 282 g/mol. The van der Waals surface area contributed by atoms with Gasteiger partial charge in [0, 0.05) is 31.2 Å². The largest absolute Gasteiger partial charge is 0.329 e.